The minimum atomic E-state index is -3.87. The van der Waals surface area contributed by atoms with Crippen molar-refractivity contribution in [3.05, 3.63) is 45.7 Å². The molecule has 0 aliphatic carbocycles. The monoisotopic (exact) mass is 424 g/mol. The minimum absolute atomic E-state index is 0.0500. The molecule has 0 saturated heterocycles. The van der Waals surface area contributed by atoms with Crippen LogP contribution in [0.2, 0.25) is 5.15 Å². The average Bonchev–Trinajstić information content (AvgIpc) is 2.87. The van der Waals surface area contributed by atoms with Gasteiger partial charge in [0.15, 0.2) is 0 Å². The molecule has 152 valence electrons. The number of unbranched alkanes of at least 4 members (excludes halogenated alkanes) is 1. The fourth-order valence-corrected chi connectivity index (χ4v) is 3.61. The molecule has 0 atom stereocenters. The van der Waals surface area contributed by atoms with Gasteiger partial charge < -0.3 is 5.32 Å². The van der Waals surface area contributed by atoms with Crippen LogP contribution in [0.25, 0.3) is 6.08 Å². The Balaban J connectivity index is 2.24. The molecule has 0 bridgehead atoms. The first-order chi connectivity index (χ1) is 13.0. The summed E-state index contributed by atoms with van der Waals surface area (Å²) in [4.78, 5) is 12.3. The third-order valence-corrected chi connectivity index (χ3v) is 5.75. The molecular formula is C19H25ClN4O3S. The van der Waals surface area contributed by atoms with Crippen molar-refractivity contribution in [1.82, 2.24) is 9.78 Å². The second-order valence-corrected chi connectivity index (χ2v) is 8.57. The van der Waals surface area contributed by atoms with Crippen molar-refractivity contribution in [2.45, 2.75) is 52.0 Å². The van der Waals surface area contributed by atoms with Gasteiger partial charge in [0.2, 0.25) is 15.9 Å². The number of amides is 1. The first-order valence-electron chi connectivity index (χ1n) is 8.90. The van der Waals surface area contributed by atoms with Crippen molar-refractivity contribution in [3.63, 3.8) is 0 Å². The van der Waals surface area contributed by atoms with Crippen LogP contribution in [0.15, 0.2) is 23.1 Å². The normalized spacial score (nSPS) is 11.9. The Kier molecular flexibility index (Phi) is 7.03. The Hall–Kier alpha value is -2.16. The highest BCUT2D eigenvalue weighted by atomic mass is 35.5. The first kappa shape index (κ1) is 22.1. The van der Waals surface area contributed by atoms with E-state index in [0.29, 0.717) is 22.0 Å². The summed E-state index contributed by atoms with van der Waals surface area (Å²) in [6.07, 6.45) is 4.94. The summed E-state index contributed by atoms with van der Waals surface area (Å²) in [5.74, 6) is -0.411. The SMILES string of the molecule is CCCCn1nc(C)c(/C=C/C(=O)Nc2cc(S(N)(=O)=O)cc(C)c2C)c1Cl. The predicted octanol–water partition coefficient (Wildman–Crippen LogP) is 3.56. The van der Waals surface area contributed by atoms with Crippen molar-refractivity contribution in [1.29, 1.82) is 0 Å². The third-order valence-electron chi connectivity index (χ3n) is 4.46. The van der Waals surface area contributed by atoms with Crippen LogP contribution in [0.4, 0.5) is 5.69 Å². The number of rotatable bonds is 7. The molecule has 7 nitrogen and oxygen atoms in total. The number of aryl methyl sites for hydroxylation is 3. The Labute approximate surface area is 170 Å². The predicted molar refractivity (Wildman–Crippen MR) is 112 cm³/mol. The van der Waals surface area contributed by atoms with Gasteiger partial charge in [-0.3, -0.25) is 9.48 Å². The summed E-state index contributed by atoms with van der Waals surface area (Å²) in [5.41, 5.74) is 3.27. The summed E-state index contributed by atoms with van der Waals surface area (Å²) in [6, 6.07) is 2.83. The molecular weight excluding hydrogens is 400 g/mol. The largest absolute Gasteiger partial charge is 0.322 e. The van der Waals surface area contributed by atoms with Gasteiger partial charge in [0.1, 0.15) is 5.15 Å². The number of nitrogens with zero attached hydrogens (tertiary/aromatic N) is 2. The molecule has 0 unspecified atom stereocenters. The summed E-state index contributed by atoms with van der Waals surface area (Å²) >= 11 is 6.36. The molecule has 3 N–H and O–H groups in total. The maximum Gasteiger partial charge on any atom is 0.248 e. The Morgan fingerprint density at radius 2 is 2.00 bits per heavy atom. The number of carbonyl (C=O) groups excluding carboxylic acids is 1. The van der Waals surface area contributed by atoms with Crippen molar-refractivity contribution in [3.8, 4) is 0 Å². The van der Waals surface area contributed by atoms with Crippen molar-refractivity contribution >= 4 is 39.3 Å². The van der Waals surface area contributed by atoms with E-state index in [4.69, 9.17) is 16.7 Å². The zero-order valence-electron chi connectivity index (χ0n) is 16.4. The van der Waals surface area contributed by atoms with E-state index in [-0.39, 0.29) is 4.90 Å². The van der Waals surface area contributed by atoms with Gasteiger partial charge in [-0.05, 0) is 56.5 Å². The maximum atomic E-state index is 12.4. The molecule has 0 spiro atoms. The lowest BCUT2D eigenvalue weighted by Crippen LogP contribution is -2.15. The highest BCUT2D eigenvalue weighted by Gasteiger charge is 2.14. The number of carbonyl (C=O) groups is 1. The molecule has 9 heteroatoms. The Morgan fingerprint density at radius 3 is 2.61 bits per heavy atom. The molecule has 0 aliphatic heterocycles. The van der Waals surface area contributed by atoms with Gasteiger partial charge in [0.05, 0.1) is 10.6 Å². The summed E-state index contributed by atoms with van der Waals surface area (Å²) < 4.78 is 25.0. The number of nitrogens with one attached hydrogen (secondary N) is 1. The number of sulfonamides is 1. The van der Waals surface area contributed by atoms with Gasteiger partial charge >= 0.3 is 0 Å². The molecule has 1 aromatic heterocycles. The molecule has 1 amide bonds. The van der Waals surface area contributed by atoms with E-state index in [1.807, 2.05) is 6.92 Å². The molecule has 1 aromatic carbocycles. The van der Waals surface area contributed by atoms with Crippen LogP contribution in [0.3, 0.4) is 0 Å². The smallest absolute Gasteiger partial charge is 0.248 e. The van der Waals surface area contributed by atoms with E-state index >= 15 is 0 Å². The summed E-state index contributed by atoms with van der Waals surface area (Å²) in [6.45, 7) is 8.18. The van der Waals surface area contributed by atoms with Crippen molar-refractivity contribution < 1.29 is 13.2 Å². The zero-order valence-corrected chi connectivity index (χ0v) is 18.0. The van der Waals surface area contributed by atoms with Crippen molar-refractivity contribution in [2.24, 2.45) is 5.14 Å². The Morgan fingerprint density at radius 1 is 1.32 bits per heavy atom. The van der Waals surface area contributed by atoms with E-state index in [1.54, 1.807) is 24.6 Å². The van der Waals surface area contributed by atoms with Crippen LogP contribution in [0, 0.1) is 20.8 Å². The molecule has 0 aliphatic rings. The van der Waals surface area contributed by atoms with Crippen LogP contribution in [0.5, 0.6) is 0 Å². The third kappa shape index (κ3) is 5.21. The van der Waals surface area contributed by atoms with E-state index < -0.39 is 15.9 Å². The molecule has 28 heavy (non-hydrogen) atoms. The second kappa shape index (κ2) is 8.89. The average molecular weight is 425 g/mol. The number of hydrogen-bond acceptors (Lipinski definition) is 4. The topological polar surface area (TPSA) is 107 Å². The lowest BCUT2D eigenvalue weighted by molar-refractivity contribution is -0.111. The van der Waals surface area contributed by atoms with E-state index in [9.17, 15) is 13.2 Å². The summed E-state index contributed by atoms with van der Waals surface area (Å²) in [5, 5.41) is 12.8. The number of nitrogens with two attached hydrogens (primary N) is 1. The number of anilines is 1. The van der Waals surface area contributed by atoms with Crippen LogP contribution in [-0.4, -0.2) is 24.1 Å². The molecule has 0 fully saturated rings. The van der Waals surface area contributed by atoms with Gasteiger partial charge in [-0.2, -0.15) is 5.10 Å². The van der Waals surface area contributed by atoms with E-state index in [0.717, 1.165) is 30.6 Å². The van der Waals surface area contributed by atoms with E-state index in [1.165, 1.54) is 18.2 Å². The number of benzene rings is 1. The van der Waals surface area contributed by atoms with Crippen LogP contribution in [0.1, 0.15) is 42.1 Å². The van der Waals surface area contributed by atoms with Gasteiger partial charge in [-0.25, -0.2) is 13.6 Å². The van der Waals surface area contributed by atoms with Gasteiger partial charge in [-0.15, -0.1) is 0 Å². The van der Waals surface area contributed by atoms with Crippen molar-refractivity contribution in [2.75, 3.05) is 5.32 Å². The highest BCUT2D eigenvalue weighted by molar-refractivity contribution is 7.89. The van der Waals surface area contributed by atoms with Gasteiger partial charge in [0.25, 0.3) is 0 Å². The highest BCUT2D eigenvalue weighted by Crippen LogP contribution is 2.24. The quantitative estimate of drug-likeness (QED) is 0.662. The van der Waals surface area contributed by atoms with E-state index in [2.05, 4.69) is 17.3 Å². The molecule has 2 aromatic rings. The molecule has 2 rings (SSSR count). The second-order valence-electron chi connectivity index (χ2n) is 6.65. The zero-order chi connectivity index (χ0) is 21.1. The molecule has 0 radical (unpaired) electrons. The fraction of sp³-hybridized carbons (Fsp3) is 0.368. The van der Waals surface area contributed by atoms with Crippen LogP contribution >= 0.6 is 11.6 Å². The Bertz CT molecular complexity index is 1030. The van der Waals surface area contributed by atoms with Crippen LogP contribution in [-0.2, 0) is 21.4 Å². The number of hydrogen-bond donors (Lipinski definition) is 2. The number of aromatic nitrogens is 2. The van der Waals surface area contributed by atoms with Crippen LogP contribution < -0.4 is 10.5 Å². The van der Waals surface area contributed by atoms with Gasteiger partial charge in [-0.1, -0.05) is 24.9 Å². The van der Waals surface area contributed by atoms with Gasteiger partial charge in [0, 0.05) is 23.9 Å². The fourth-order valence-electron chi connectivity index (χ4n) is 2.67. The number of halogens is 1. The lowest BCUT2D eigenvalue weighted by Gasteiger charge is -2.11. The molecule has 1 heterocycles. The minimum Gasteiger partial charge on any atom is -0.322 e. The standard InChI is InChI=1S/C19H25ClN4O3S/c1-5-6-9-24-19(20)16(14(4)23-24)7-8-18(25)22-17-11-15(28(21,26)27)10-12(2)13(17)3/h7-8,10-11H,5-6,9H2,1-4H3,(H,22,25)(H2,21,26,27)/b8-7+. The first-order valence-corrected chi connectivity index (χ1v) is 10.8. The lowest BCUT2D eigenvalue weighted by atomic mass is 10.1. The molecule has 0 saturated carbocycles. The summed E-state index contributed by atoms with van der Waals surface area (Å²) in [7, 11) is -3.87. The number of primary sulfonamides is 1. The maximum absolute atomic E-state index is 12.4.